The van der Waals surface area contributed by atoms with Crippen LogP contribution in [0.25, 0.3) is 10.9 Å². The lowest BCUT2D eigenvalue weighted by Gasteiger charge is -2.30. The molecule has 2 N–H and O–H groups in total. The van der Waals surface area contributed by atoms with E-state index < -0.39 is 11.9 Å². The number of benzene rings is 1. The van der Waals surface area contributed by atoms with E-state index in [-0.39, 0.29) is 17.9 Å². The van der Waals surface area contributed by atoms with E-state index in [0.29, 0.717) is 24.3 Å². The van der Waals surface area contributed by atoms with Crippen LogP contribution in [0.3, 0.4) is 0 Å². The summed E-state index contributed by atoms with van der Waals surface area (Å²) in [7, 11) is 0. The second-order valence-corrected chi connectivity index (χ2v) is 7.31. The maximum atomic E-state index is 12.7. The van der Waals surface area contributed by atoms with Crippen LogP contribution in [0.5, 0.6) is 0 Å². The minimum Gasteiger partial charge on any atom is -0.295 e. The van der Waals surface area contributed by atoms with Gasteiger partial charge < -0.3 is 0 Å². The van der Waals surface area contributed by atoms with Crippen molar-refractivity contribution in [2.75, 3.05) is 19.6 Å². The van der Waals surface area contributed by atoms with Gasteiger partial charge in [-0.25, -0.2) is 4.68 Å². The number of likely N-dealkylation sites (tertiary alicyclic amines) is 1. The molecular formula is C20H22N4O3. The molecule has 2 fully saturated rings. The normalized spacial score (nSPS) is 22.0. The van der Waals surface area contributed by atoms with Crippen molar-refractivity contribution in [1.29, 1.82) is 0 Å². The number of imide groups is 1. The maximum Gasteiger partial charge on any atom is 0.275 e. The molecule has 4 rings (SSSR count). The van der Waals surface area contributed by atoms with Crippen molar-refractivity contribution in [1.82, 2.24) is 20.0 Å². The molecule has 3 heterocycles. The summed E-state index contributed by atoms with van der Waals surface area (Å²) in [5.41, 5.74) is 1.70. The molecule has 2 aromatic rings. The third kappa shape index (κ3) is 3.28. The quantitative estimate of drug-likeness (QED) is 0.630. The first-order valence-corrected chi connectivity index (χ1v) is 9.30. The highest BCUT2D eigenvalue weighted by molar-refractivity contribution is 5.99. The van der Waals surface area contributed by atoms with Crippen LogP contribution in [0, 0.1) is 12.3 Å². The van der Waals surface area contributed by atoms with Gasteiger partial charge in [0.1, 0.15) is 6.04 Å². The molecule has 7 nitrogen and oxygen atoms in total. The summed E-state index contributed by atoms with van der Waals surface area (Å²) in [5.74, 6) is 2.41. The first kappa shape index (κ1) is 17.6. The van der Waals surface area contributed by atoms with Crippen LogP contribution < -0.4 is 10.9 Å². The summed E-state index contributed by atoms with van der Waals surface area (Å²) >= 11 is 0. The Kier molecular flexibility index (Phi) is 4.58. The summed E-state index contributed by atoms with van der Waals surface area (Å²) in [5, 5.41) is 5.95. The number of nitrogens with zero attached hydrogens (tertiary/aromatic N) is 2. The zero-order chi connectivity index (χ0) is 19.0. The molecule has 0 spiro atoms. The van der Waals surface area contributed by atoms with E-state index in [1.54, 1.807) is 0 Å². The van der Waals surface area contributed by atoms with Gasteiger partial charge in [-0.3, -0.25) is 29.7 Å². The molecule has 0 radical (unpaired) electrons. The smallest absolute Gasteiger partial charge is 0.275 e. The fourth-order valence-electron chi connectivity index (χ4n) is 4.11. The fraction of sp³-hybridized carbons (Fsp3) is 0.450. The molecule has 2 amide bonds. The Morgan fingerprint density at radius 3 is 2.63 bits per heavy atom. The molecule has 2 aliphatic rings. The van der Waals surface area contributed by atoms with Crippen LogP contribution in [0.15, 0.2) is 23.0 Å². The van der Waals surface area contributed by atoms with Gasteiger partial charge in [-0.15, -0.1) is 6.42 Å². The number of carbonyl (C=O) groups excluding carboxylic acids is 2. The Hall–Kier alpha value is -2.85. The van der Waals surface area contributed by atoms with E-state index >= 15 is 0 Å². The number of aromatic amines is 1. The van der Waals surface area contributed by atoms with Gasteiger partial charge in [0.05, 0.1) is 17.4 Å². The van der Waals surface area contributed by atoms with Gasteiger partial charge in [0.2, 0.25) is 5.91 Å². The molecule has 1 atom stereocenters. The SMILES string of the molecule is C#CCN1CCC(c2ccc3c(=O)n(C4CCC(=O)NC4=O)[nH]c3c2)CC1. The molecule has 1 unspecified atom stereocenters. The number of amides is 2. The van der Waals surface area contributed by atoms with Crippen LogP contribution in [0.2, 0.25) is 0 Å². The Morgan fingerprint density at radius 1 is 1.15 bits per heavy atom. The van der Waals surface area contributed by atoms with E-state index in [4.69, 9.17) is 6.42 Å². The number of carbonyl (C=O) groups is 2. The van der Waals surface area contributed by atoms with Crippen LogP contribution in [0.4, 0.5) is 0 Å². The Bertz CT molecular complexity index is 989. The van der Waals surface area contributed by atoms with Gasteiger partial charge >= 0.3 is 0 Å². The van der Waals surface area contributed by atoms with Gasteiger partial charge in [0.15, 0.2) is 0 Å². The molecule has 2 saturated heterocycles. The third-order valence-electron chi connectivity index (χ3n) is 5.63. The lowest BCUT2D eigenvalue weighted by Crippen LogP contribution is -2.44. The number of piperidine rings is 2. The molecule has 0 aliphatic carbocycles. The summed E-state index contributed by atoms with van der Waals surface area (Å²) in [6.07, 6.45) is 8.02. The molecule has 7 heteroatoms. The molecule has 27 heavy (non-hydrogen) atoms. The number of aromatic nitrogens is 2. The lowest BCUT2D eigenvalue weighted by molar-refractivity contribution is -0.136. The average Bonchev–Trinajstić information content (AvgIpc) is 2.98. The zero-order valence-corrected chi connectivity index (χ0v) is 15.0. The number of hydrogen-bond acceptors (Lipinski definition) is 4. The molecule has 0 bridgehead atoms. The molecular weight excluding hydrogens is 344 g/mol. The van der Waals surface area contributed by atoms with Gasteiger partial charge in [0.25, 0.3) is 11.5 Å². The minimum absolute atomic E-state index is 0.227. The van der Waals surface area contributed by atoms with Crippen LogP contribution in [-0.2, 0) is 9.59 Å². The van der Waals surface area contributed by atoms with Crippen molar-refractivity contribution < 1.29 is 9.59 Å². The Labute approximate surface area is 156 Å². The summed E-state index contributed by atoms with van der Waals surface area (Å²) in [4.78, 5) is 38.4. The molecule has 2 aliphatic heterocycles. The predicted molar refractivity (Wildman–Crippen MR) is 101 cm³/mol. The predicted octanol–water partition coefficient (Wildman–Crippen LogP) is 1.12. The number of hydrogen-bond donors (Lipinski definition) is 2. The van der Waals surface area contributed by atoms with Crippen molar-refractivity contribution in [3.8, 4) is 12.3 Å². The van der Waals surface area contributed by atoms with Crippen molar-refractivity contribution in [2.24, 2.45) is 0 Å². The maximum absolute atomic E-state index is 12.7. The standard InChI is InChI=1S/C20H22N4O3/c1-2-9-23-10-7-13(8-11-23)14-3-4-15-16(12-14)22-24(20(15)27)17-5-6-18(25)21-19(17)26/h1,3-4,12-13,17,22H,5-11H2,(H,21,25,26). The molecule has 0 saturated carbocycles. The first-order chi connectivity index (χ1) is 13.1. The van der Waals surface area contributed by atoms with Crippen molar-refractivity contribution >= 4 is 22.7 Å². The Balaban J connectivity index is 1.59. The van der Waals surface area contributed by atoms with Crippen molar-refractivity contribution in [3.63, 3.8) is 0 Å². The van der Waals surface area contributed by atoms with E-state index in [0.717, 1.165) is 31.4 Å². The molecule has 1 aromatic carbocycles. The van der Waals surface area contributed by atoms with Crippen LogP contribution >= 0.6 is 0 Å². The second kappa shape index (κ2) is 7.05. The van der Waals surface area contributed by atoms with Crippen molar-refractivity contribution in [3.05, 3.63) is 34.1 Å². The largest absolute Gasteiger partial charge is 0.295 e. The van der Waals surface area contributed by atoms with E-state index in [2.05, 4.69) is 21.2 Å². The summed E-state index contributed by atoms with van der Waals surface area (Å²) in [6.45, 7) is 2.63. The third-order valence-corrected chi connectivity index (χ3v) is 5.63. The van der Waals surface area contributed by atoms with Gasteiger partial charge in [-0.05, 0) is 56.0 Å². The van der Waals surface area contributed by atoms with Crippen LogP contribution in [0.1, 0.15) is 43.2 Å². The highest BCUT2D eigenvalue weighted by atomic mass is 16.2. The first-order valence-electron chi connectivity index (χ1n) is 9.30. The topological polar surface area (TPSA) is 87.2 Å². The second-order valence-electron chi connectivity index (χ2n) is 7.31. The number of H-pyrrole nitrogens is 1. The van der Waals surface area contributed by atoms with Gasteiger partial charge in [-0.2, -0.15) is 0 Å². The van der Waals surface area contributed by atoms with Gasteiger partial charge in [-0.1, -0.05) is 12.0 Å². The number of fused-ring (bicyclic) bond motifs is 1. The van der Waals surface area contributed by atoms with Gasteiger partial charge in [0, 0.05) is 6.42 Å². The van der Waals surface area contributed by atoms with Crippen LogP contribution in [-0.4, -0.2) is 46.1 Å². The average molecular weight is 366 g/mol. The number of terminal acetylenes is 1. The summed E-state index contributed by atoms with van der Waals surface area (Å²) in [6, 6.07) is 5.19. The van der Waals surface area contributed by atoms with E-state index in [1.165, 1.54) is 10.2 Å². The highest BCUT2D eigenvalue weighted by Crippen LogP contribution is 2.29. The molecule has 140 valence electrons. The lowest BCUT2D eigenvalue weighted by atomic mass is 9.89. The minimum atomic E-state index is -0.668. The fourth-order valence-corrected chi connectivity index (χ4v) is 4.11. The van der Waals surface area contributed by atoms with Crippen molar-refractivity contribution in [2.45, 2.75) is 37.6 Å². The highest BCUT2D eigenvalue weighted by Gasteiger charge is 2.30. The molecule has 1 aromatic heterocycles. The van der Waals surface area contributed by atoms with E-state index in [9.17, 15) is 14.4 Å². The monoisotopic (exact) mass is 366 g/mol. The van der Waals surface area contributed by atoms with E-state index in [1.807, 2.05) is 18.2 Å². The number of nitrogens with one attached hydrogen (secondary N) is 2. The Morgan fingerprint density at radius 2 is 1.93 bits per heavy atom. The number of rotatable bonds is 3. The zero-order valence-electron chi connectivity index (χ0n) is 15.0. The summed E-state index contributed by atoms with van der Waals surface area (Å²) < 4.78 is 1.35.